The van der Waals surface area contributed by atoms with Crippen molar-refractivity contribution >= 4 is 40.9 Å². The van der Waals surface area contributed by atoms with Gasteiger partial charge >= 0.3 is 5.97 Å². The van der Waals surface area contributed by atoms with E-state index in [0.29, 0.717) is 40.5 Å². The normalized spacial score (nSPS) is 10.2. The molecule has 0 aromatic heterocycles. The van der Waals surface area contributed by atoms with E-state index in [2.05, 4.69) is 0 Å². The molecule has 0 saturated carbocycles. The van der Waals surface area contributed by atoms with Gasteiger partial charge in [-0.2, -0.15) is 0 Å². The zero-order valence-corrected chi connectivity index (χ0v) is 12.3. The summed E-state index contributed by atoms with van der Waals surface area (Å²) in [6.45, 7) is 2.66. The minimum atomic E-state index is -0.205. The van der Waals surface area contributed by atoms with E-state index in [4.69, 9.17) is 32.7 Å². The minimum absolute atomic E-state index is 0.205. The van der Waals surface area contributed by atoms with Crippen molar-refractivity contribution in [2.45, 2.75) is 6.92 Å². The minimum Gasteiger partial charge on any atom is -0.491 e. The van der Waals surface area contributed by atoms with Crippen LogP contribution in [-0.4, -0.2) is 30.7 Å². The van der Waals surface area contributed by atoms with Gasteiger partial charge in [-0.15, -0.1) is 11.8 Å². The third kappa shape index (κ3) is 5.85. The van der Waals surface area contributed by atoms with Crippen LogP contribution in [0.15, 0.2) is 18.2 Å². The molecule has 0 heterocycles. The molecular formula is C12H14Cl2O3S. The molecule has 0 N–H and O–H groups in total. The van der Waals surface area contributed by atoms with Crippen molar-refractivity contribution in [2.75, 3.05) is 24.7 Å². The zero-order valence-electron chi connectivity index (χ0n) is 9.95. The molecule has 18 heavy (non-hydrogen) atoms. The van der Waals surface area contributed by atoms with Crippen molar-refractivity contribution in [1.82, 2.24) is 0 Å². The van der Waals surface area contributed by atoms with E-state index in [1.807, 2.05) is 0 Å². The standard InChI is InChI=1S/C12H14Cl2O3S/c1-2-16-12(15)8-18-6-5-17-11-7-9(13)3-4-10(11)14/h3-4,7H,2,5-6,8H2,1H3. The van der Waals surface area contributed by atoms with Crippen LogP contribution in [0.5, 0.6) is 5.75 Å². The smallest absolute Gasteiger partial charge is 0.315 e. The van der Waals surface area contributed by atoms with Gasteiger partial charge in [-0.1, -0.05) is 23.2 Å². The first-order valence-corrected chi connectivity index (χ1v) is 7.35. The number of carbonyl (C=O) groups is 1. The second kappa shape index (κ2) is 8.51. The molecule has 0 atom stereocenters. The van der Waals surface area contributed by atoms with Crippen LogP contribution in [0, 0.1) is 0 Å². The fraction of sp³-hybridized carbons (Fsp3) is 0.417. The van der Waals surface area contributed by atoms with E-state index in [0.717, 1.165) is 0 Å². The van der Waals surface area contributed by atoms with Crippen LogP contribution in [0.1, 0.15) is 6.92 Å². The molecule has 0 aliphatic rings. The number of hydrogen-bond donors (Lipinski definition) is 0. The Kier molecular flexibility index (Phi) is 7.32. The van der Waals surface area contributed by atoms with Crippen LogP contribution in [0.4, 0.5) is 0 Å². The number of hydrogen-bond acceptors (Lipinski definition) is 4. The summed E-state index contributed by atoms with van der Waals surface area (Å²) in [5.74, 6) is 1.37. The predicted molar refractivity (Wildman–Crippen MR) is 75.9 cm³/mol. The first-order chi connectivity index (χ1) is 8.63. The summed E-state index contributed by atoms with van der Waals surface area (Å²) in [5, 5.41) is 1.10. The van der Waals surface area contributed by atoms with Crippen molar-refractivity contribution < 1.29 is 14.3 Å². The summed E-state index contributed by atoms with van der Waals surface area (Å²) in [4.78, 5) is 11.1. The molecule has 3 nitrogen and oxygen atoms in total. The maximum Gasteiger partial charge on any atom is 0.315 e. The maximum absolute atomic E-state index is 11.1. The quantitative estimate of drug-likeness (QED) is 0.569. The first-order valence-electron chi connectivity index (χ1n) is 5.44. The Morgan fingerprint density at radius 1 is 1.39 bits per heavy atom. The Morgan fingerprint density at radius 2 is 2.17 bits per heavy atom. The lowest BCUT2D eigenvalue weighted by molar-refractivity contribution is -0.139. The first kappa shape index (κ1) is 15.5. The maximum atomic E-state index is 11.1. The van der Waals surface area contributed by atoms with Gasteiger partial charge in [0.25, 0.3) is 0 Å². The van der Waals surface area contributed by atoms with Crippen LogP contribution in [0.2, 0.25) is 10.0 Å². The molecule has 0 bridgehead atoms. The fourth-order valence-electron chi connectivity index (χ4n) is 1.16. The average Bonchev–Trinajstić information content (AvgIpc) is 2.33. The number of rotatable bonds is 7. The third-order valence-corrected chi connectivity index (χ3v) is 3.35. The molecule has 0 amide bonds. The Labute approximate surface area is 121 Å². The Hall–Kier alpha value is -0.580. The van der Waals surface area contributed by atoms with E-state index in [-0.39, 0.29) is 5.97 Å². The molecular weight excluding hydrogens is 295 g/mol. The van der Waals surface area contributed by atoms with Crippen molar-refractivity contribution in [1.29, 1.82) is 0 Å². The molecule has 0 fully saturated rings. The van der Waals surface area contributed by atoms with Gasteiger partial charge in [-0.05, 0) is 19.1 Å². The zero-order chi connectivity index (χ0) is 13.4. The molecule has 0 aliphatic heterocycles. The van der Waals surface area contributed by atoms with E-state index in [1.54, 1.807) is 25.1 Å². The second-order valence-corrected chi connectivity index (χ2v) is 5.23. The Bertz CT molecular complexity index is 399. The molecule has 1 aromatic rings. The van der Waals surface area contributed by atoms with Gasteiger partial charge in [-0.25, -0.2) is 0 Å². The highest BCUT2D eigenvalue weighted by Gasteiger charge is 2.04. The highest BCUT2D eigenvalue weighted by Crippen LogP contribution is 2.27. The molecule has 6 heteroatoms. The molecule has 0 unspecified atom stereocenters. The molecule has 0 radical (unpaired) electrons. The van der Waals surface area contributed by atoms with Crippen LogP contribution in [-0.2, 0) is 9.53 Å². The summed E-state index contributed by atoms with van der Waals surface area (Å²) >= 11 is 13.2. The molecule has 0 saturated heterocycles. The van der Waals surface area contributed by atoms with Crippen molar-refractivity contribution in [3.05, 3.63) is 28.2 Å². The molecule has 0 aliphatic carbocycles. The van der Waals surface area contributed by atoms with Gasteiger partial charge < -0.3 is 9.47 Å². The topological polar surface area (TPSA) is 35.5 Å². The van der Waals surface area contributed by atoms with E-state index in [1.165, 1.54) is 11.8 Å². The predicted octanol–water partition coefficient (Wildman–Crippen LogP) is 3.67. The van der Waals surface area contributed by atoms with Gasteiger partial charge in [0.1, 0.15) is 5.75 Å². The van der Waals surface area contributed by atoms with E-state index in [9.17, 15) is 4.79 Å². The van der Waals surface area contributed by atoms with Crippen molar-refractivity contribution in [3.8, 4) is 5.75 Å². The highest BCUT2D eigenvalue weighted by molar-refractivity contribution is 7.99. The second-order valence-electron chi connectivity index (χ2n) is 3.28. The van der Waals surface area contributed by atoms with Crippen molar-refractivity contribution in [3.63, 3.8) is 0 Å². The Balaban J connectivity index is 2.21. The highest BCUT2D eigenvalue weighted by atomic mass is 35.5. The van der Waals surface area contributed by atoms with Crippen LogP contribution >= 0.6 is 35.0 Å². The van der Waals surface area contributed by atoms with Gasteiger partial charge in [0, 0.05) is 16.8 Å². The van der Waals surface area contributed by atoms with E-state index >= 15 is 0 Å². The van der Waals surface area contributed by atoms with Crippen LogP contribution in [0.3, 0.4) is 0 Å². The lowest BCUT2D eigenvalue weighted by atomic mass is 10.3. The monoisotopic (exact) mass is 308 g/mol. The lowest BCUT2D eigenvalue weighted by Crippen LogP contribution is -2.09. The van der Waals surface area contributed by atoms with Gasteiger partial charge in [0.05, 0.1) is 24.0 Å². The van der Waals surface area contributed by atoms with Gasteiger partial charge in [0.2, 0.25) is 0 Å². The third-order valence-electron chi connectivity index (χ3n) is 1.90. The molecule has 100 valence electrons. The van der Waals surface area contributed by atoms with Gasteiger partial charge in [-0.3, -0.25) is 4.79 Å². The number of ether oxygens (including phenoxy) is 2. The number of carbonyl (C=O) groups excluding carboxylic acids is 1. The Morgan fingerprint density at radius 3 is 2.89 bits per heavy atom. The van der Waals surface area contributed by atoms with Crippen molar-refractivity contribution in [2.24, 2.45) is 0 Å². The average molecular weight is 309 g/mol. The molecule has 1 rings (SSSR count). The molecule has 0 spiro atoms. The number of thioether (sulfide) groups is 1. The summed E-state index contributed by atoms with van der Waals surface area (Å²) in [6.07, 6.45) is 0. The lowest BCUT2D eigenvalue weighted by Gasteiger charge is -2.08. The number of benzene rings is 1. The number of esters is 1. The SMILES string of the molecule is CCOC(=O)CSCCOc1cc(Cl)ccc1Cl. The van der Waals surface area contributed by atoms with E-state index < -0.39 is 0 Å². The molecule has 1 aromatic carbocycles. The summed E-state index contributed by atoms with van der Waals surface area (Å²) in [6, 6.07) is 5.05. The van der Waals surface area contributed by atoms with Crippen LogP contribution < -0.4 is 4.74 Å². The van der Waals surface area contributed by atoms with Gasteiger partial charge in [0.15, 0.2) is 0 Å². The van der Waals surface area contributed by atoms with Crippen LogP contribution in [0.25, 0.3) is 0 Å². The number of halogens is 2. The summed E-state index contributed by atoms with van der Waals surface area (Å²) < 4.78 is 10.3. The largest absolute Gasteiger partial charge is 0.491 e. The summed E-state index contributed by atoms with van der Waals surface area (Å²) in [7, 11) is 0. The summed E-state index contributed by atoms with van der Waals surface area (Å²) in [5.41, 5.74) is 0. The fourth-order valence-corrected chi connectivity index (χ4v) is 2.09.